The van der Waals surface area contributed by atoms with Crippen molar-refractivity contribution < 1.29 is 0 Å². The monoisotopic (exact) mass is 377 g/mol. The quantitative estimate of drug-likeness (QED) is 0.577. The van der Waals surface area contributed by atoms with E-state index < -0.39 is 0 Å². The van der Waals surface area contributed by atoms with Crippen molar-refractivity contribution in [2.45, 2.75) is 63.2 Å². The summed E-state index contributed by atoms with van der Waals surface area (Å²) in [6.45, 7) is 0.966. The molecule has 4 heteroatoms. The van der Waals surface area contributed by atoms with E-state index in [9.17, 15) is 0 Å². The Bertz CT molecular complexity index is 925. The number of hydrogen-bond acceptors (Lipinski definition) is 4. The van der Waals surface area contributed by atoms with Gasteiger partial charge in [-0.2, -0.15) is 0 Å². The van der Waals surface area contributed by atoms with Crippen LogP contribution in [0, 0.1) is 0 Å². The lowest BCUT2D eigenvalue weighted by atomic mass is 9.79. The first-order chi connectivity index (χ1) is 13.4. The Kier molecular flexibility index (Phi) is 4.60. The van der Waals surface area contributed by atoms with Crippen molar-refractivity contribution in [1.29, 1.82) is 0 Å². The minimum atomic E-state index is 0.242. The second-order valence-corrected chi connectivity index (χ2v) is 9.26. The molecule has 0 bridgehead atoms. The van der Waals surface area contributed by atoms with Crippen LogP contribution in [0.2, 0.25) is 0 Å². The highest BCUT2D eigenvalue weighted by molar-refractivity contribution is 7.18. The molecule has 0 atom stereocenters. The van der Waals surface area contributed by atoms with Gasteiger partial charge in [0, 0.05) is 16.8 Å². The molecular formula is C23H27N3S. The maximum absolute atomic E-state index is 4.69. The zero-order valence-electron chi connectivity index (χ0n) is 15.8. The summed E-state index contributed by atoms with van der Waals surface area (Å²) in [7, 11) is 0. The van der Waals surface area contributed by atoms with Gasteiger partial charge in [-0.15, -0.1) is 11.3 Å². The zero-order valence-corrected chi connectivity index (χ0v) is 16.7. The van der Waals surface area contributed by atoms with E-state index in [2.05, 4.69) is 45.6 Å². The summed E-state index contributed by atoms with van der Waals surface area (Å²) in [4.78, 5) is 12.0. The fourth-order valence-electron chi connectivity index (χ4n) is 5.06. The number of aryl methyl sites for hydroxylation is 2. The highest BCUT2D eigenvalue weighted by Crippen LogP contribution is 2.42. The van der Waals surface area contributed by atoms with Crippen LogP contribution in [0.3, 0.4) is 0 Å². The largest absolute Gasteiger partial charge is 0.369 e. The molecule has 1 aromatic carbocycles. The van der Waals surface area contributed by atoms with Crippen molar-refractivity contribution in [2.75, 3.05) is 11.9 Å². The summed E-state index contributed by atoms with van der Waals surface area (Å²) < 4.78 is 0. The third-order valence-electron chi connectivity index (χ3n) is 6.54. The molecular weight excluding hydrogens is 350 g/mol. The van der Waals surface area contributed by atoms with E-state index in [0.717, 1.165) is 12.4 Å². The lowest BCUT2D eigenvalue weighted by Gasteiger charge is -2.30. The first-order valence-electron chi connectivity index (χ1n) is 10.4. The SMILES string of the molecule is c1ccc(C2(CNc3ncnc4sc5c(c34)CCCCC5)CCCC2)cc1. The molecule has 1 fully saturated rings. The average Bonchev–Trinajstić information content (AvgIpc) is 3.27. The Morgan fingerprint density at radius 3 is 2.59 bits per heavy atom. The summed E-state index contributed by atoms with van der Waals surface area (Å²) in [5, 5.41) is 5.09. The number of benzene rings is 1. The molecule has 27 heavy (non-hydrogen) atoms. The minimum Gasteiger partial charge on any atom is -0.369 e. The summed E-state index contributed by atoms with van der Waals surface area (Å²) in [6, 6.07) is 11.1. The summed E-state index contributed by atoms with van der Waals surface area (Å²) >= 11 is 1.89. The Hall–Kier alpha value is -1.94. The van der Waals surface area contributed by atoms with E-state index in [1.165, 1.54) is 79.1 Å². The number of aromatic nitrogens is 2. The second-order valence-electron chi connectivity index (χ2n) is 8.17. The van der Waals surface area contributed by atoms with Crippen LogP contribution in [0.5, 0.6) is 0 Å². The minimum absolute atomic E-state index is 0.242. The summed E-state index contributed by atoms with van der Waals surface area (Å²) in [5.74, 6) is 1.06. The predicted octanol–water partition coefficient (Wildman–Crippen LogP) is 5.88. The fourth-order valence-corrected chi connectivity index (χ4v) is 6.29. The van der Waals surface area contributed by atoms with E-state index in [0.29, 0.717) is 0 Å². The molecule has 3 nitrogen and oxygen atoms in total. The number of thiophene rings is 1. The molecule has 3 aromatic rings. The van der Waals surface area contributed by atoms with Gasteiger partial charge in [-0.3, -0.25) is 0 Å². The molecule has 1 saturated carbocycles. The number of rotatable bonds is 4. The van der Waals surface area contributed by atoms with E-state index >= 15 is 0 Å². The highest BCUT2D eigenvalue weighted by atomic mass is 32.1. The first-order valence-corrected chi connectivity index (χ1v) is 11.2. The van der Waals surface area contributed by atoms with Crippen molar-refractivity contribution in [2.24, 2.45) is 0 Å². The topological polar surface area (TPSA) is 37.8 Å². The second kappa shape index (κ2) is 7.23. The third kappa shape index (κ3) is 3.14. The van der Waals surface area contributed by atoms with Gasteiger partial charge in [0.05, 0.1) is 5.39 Å². The third-order valence-corrected chi connectivity index (χ3v) is 7.74. The first kappa shape index (κ1) is 17.2. The van der Waals surface area contributed by atoms with Crippen LogP contribution in [0.25, 0.3) is 10.2 Å². The van der Waals surface area contributed by atoms with Gasteiger partial charge in [0.15, 0.2) is 0 Å². The smallest absolute Gasteiger partial charge is 0.138 e. The molecule has 5 rings (SSSR count). The van der Waals surface area contributed by atoms with Gasteiger partial charge in [0.2, 0.25) is 0 Å². The number of nitrogens with one attached hydrogen (secondary N) is 1. The molecule has 0 radical (unpaired) electrons. The molecule has 2 aliphatic rings. The van der Waals surface area contributed by atoms with Gasteiger partial charge >= 0.3 is 0 Å². The molecule has 2 heterocycles. The van der Waals surface area contributed by atoms with Crippen molar-refractivity contribution in [3.63, 3.8) is 0 Å². The molecule has 0 spiro atoms. The summed E-state index contributed by atoms with van der Waals surface area (Å²) in [6.07, 6.45) is 13.3. The van der Waals surface area contributed by atoms with Gasteiger partial charge in [0.1, 0.15) is 17.0 Å². The van der Waals surface area contributed by atoms with Crippen LogP contribution in [0.4, 0.5) is 5.82 Å². The molecule has 140 valence electrons. The zero-order chi connectivity index (χ0) is 18.1. The standard InChI is InChI=1S/C23H27N3S/c1-3-9-17(10-4-1)23(13-7-8-14-23)15-24-21-20-18-11-5-2-6-12-19(18)27-22(20)26-16-25-21/h1,3-4,9-10,16H,2,5-8,11-15H2,(H,24,25,26). The van der Waals surface area contributed by atoms with Crippen LogP contribution in [0.1, 0.15) is 60.9 Å². The van der Waals surface area contributed by atoms with Crippen LogP contribution >= 0.6 is 11.3 Å². The maximum atomic E-state index is 4.69. The van der Waals surface area contributed by atoms with Gasteiger partial charge in [-0.05, 0) is 49.7 Å². The van der Waals surface area contributed by atoms with E-state index in [1.54, 1.807) is 11.2 Å². The lowest BCUT2D eigenvalue weighted by molar-refractivity contribution is 0.466. The van der Waals surface area contributed by atoms with E-state index in [-0.39, 0.29) is 5.41 Å². The number of fused-ring (bicyclic) bond motifs is 3. The fraction of sp³-hybridized carbons (Fsp3) is 0.478. The van der Waals surface area contributed by atoms with Crippen molar-refractivity contribution in [3.05, 3.63) is 52.7 Å². The number of nitrogens with zero attached hydrogens (tertiary/aromatic N) is 2. The maximum Gasteiger partial charge on any atom is 0.138 e. The van der Waals surface area contributed by atoms with Crippen LogP contribution in [-0.4, -0.2) is 16.5 Å². The number of hydrogen-bond donors (Lipinski definition) is 1. The van der Waals surface area contributed by atoms with Crippen LogP contribution < -0.4 is 5.32 Å². The van der Waals surface area contributed by atoms with Gasteiger partial charge in [0.25, 0.3) is 0 Å². The van der Waals surface area contributed by atoms with Crippen molar-refractivity contribution >= 4 is 27.4 Å². The van der Waals surface area contributed by atoms with Gasteiger partial charge in [-0.1, -0.05) is 49.6 Å². The molecule has 1 N–H and O–H groups in total. The Morgan fingerprint density at radius 1 is 0.926 bits per heavy atom. The molecule has 2 aromatic heterocycles. The molecule has 0 unspecified atom stereocenters. The van der Waals surface area contributed by atoms with E-state index in [1.807, 2.05) is 11.3 Å². The Labute approximate surface area is 165 Å². The van der Waals surface area contributed by atoms with Gasteiger partial charge in [-0.25, -0.2) is 9.97 Å². The predicted molar refractivity (Wildman–Crippen MR) is 114 cm³/mol. The van der Waals surface area contributed by atoms with Crippen molar-refractivity contribution in [3.8, 4) is 0 Å². The normalized spacial score (nSPS) is 19.0. The Morgan fingerprint density at radius 2 is 1.74 bits per heavy atom. The highest BCUT2D eigenvalue weighted by Gasteiger charge is 2.35. The number of anilines is 1. The average molecular weight is 378 g/mol. The summed E-state index contributed by atoms with van der Waals surface area (Å²) in [5.41, 5.74) is 3.24. The molecule has 0 amide bonds. The van der Waals surface area contributed by atoms with Gasteiger partial charge < -0.3 is 5.32 Å². The molecule has 0 aliphatic heterocycles. The van der Waals surface area contributed by atoms with Crippen LogP contribution in [0.15, 0.2) is 36.7 Å². The molecule has 0 saturated heterocycles. The van der Waals surface area contributed by atoms with Crippen molar-refractivity contribution in [1.82, 2.24) is 9.97 Å². The molecule has 2 aliphatic carbocycles. The lowest BCUT2D eigenvalue weighted by Crippen LogP contribution is -2.31. The Balaban J connectivity index is 1.49. The van der Waals surface area contributed by atoms with E-state index in [4.69, 9.17) is 0 Å². The van der Waals surface area contributed by atoms with Crippen LogP contribution in [-0.2, 0) is 18.3 Å².